The van der Waals surface area contributed by atoms with Crippen LogP contribution < -0.4 is 10.1 Å². The van der Waals surface area contributed by atoms with Gasteiger partial charge in [-0.05, 0) is 47.7 Å². The Morgan fingerprint density at radius 2 is 1.78 bits per heavy atom. The van der Waals surface area contributed by atoms with Crippen LogP contribution in [0.15, 0.2) is 53.4 Å². The number of hydrogen-bond acceptors (Lipinski definition) is 5. The van der Waals surface area contributed by atoms with Crippen molar-refractivity contribution in [1.82, 2.24) is 4.31 Å². The Kier molecular flexibility index (Phi) is 7.92. The number of amides is 1. The predicted molar refractivity (Wildman–Crippen MR) is 125 cm³/mol. The van der Waals surface area contributed by atoms with E-state index in [0.717, 1.165) is 5.75 Å². The summed E-state index contributed by atoms with van der Waals surface area (Å²) in [5.41, 5.74) is 1.79. The summed E-state index contributed by atoms with van der Waals surface area (Å²) in [4.78, 5) is 12.5. The van der Waals surface area contributed by atoms with Gasteiger partial charge in [-0.15, -0.1) is 0 Å². The number of morpholine rings is 1. The Morgan fingerprint density at radius 1 is 1.09 bits per heavy atom. The van der Waals surface area contributed by atoms with Gasteiger partial charge in [-0.3, -0.25) is 4.79 Å². The van der Waals surface area contributed by atoms with Crippen LogP contribution in [0.2, 0.25) is 0 Å². The van der Waals surface area contributed by atoms with Gasteiger partial charge in [0.15, 0.2) is 0 Å². The van der Waals surface area contributed by atoms with Gasteiger partial charge in [0, 0.05) is 25.2 Å². The average molecular weight is 461 g/mol. The van der Waals surface area contributed by atoms with Crippen molar-refractivity contribution in [2.45, 2.75) is 43.9 Å². The molecule has 7 nitrogen and oxygen atoms in total. The first-order valence-electron chi connectivity index (χ1n) is 10.9. The zero-order valence-corrected chi connectivity index (χ0v) is 19.8. The van der Waals surface area contributed by atoms with Gasteiger partial charge >= 0.3 is 0 Å². The molecular formula is C24H32N2O5S. The molecule has 0 aliphatic carbocycles. The standard InChI is InChI=1S/C24H32N2O5S/c1-24(2,3)19-9-11-21(12-10-19)31-15-5-8-23(27)25-20-6-4-7-22(18-20)32(28,29)26-13-16-30-17-14-26/h4,6-7,9-12,18H,5,8,13-17H2,1-3H3,(H,25,27). The first-order chi connectivity index (χ1) is 15.2. The van der Waals surface area contributed by atoms with E-state index in [-0.39, 0.29) is 22.6 Å². The highest BCUT2D eigenvalue weighted by molar-refractivity contribution is 7.89. The lowest BCUT2D eigenvalue weighted by molar-refractivity contribution is -0.116. The zero-order chi connectivity index (χ0) is 23.2. The van der Waals surface area contributed by atoms with Crippen LogP contribution in [0.1, 0.15) is 39.2 Å². The van der Waals surface area contributed by atoms with Crippen LogP contribution in [0.5, 0.6) is 5.75 Å². The lowest BCUT2D eigenvalue weighted by atomic mass is 9.87. The molecular weight excluding hydrogens is 428 g/mol. The van der Waals surface area contributed by atoms with Crippen molar-refractivity contribution in [3.05, 3.63) is 54.1 Å². The SMILES string of the molecule is CC(C)(C)c1ccc(OCCCC(=O)Nc2cccc(S(=O)(=O)N3CCOCC3)c2)cc1. The number of nitrogens with zero attached hydrogens (tertiary/aromatic N) is 1. The van der Waals surface area contributed by atoms with E-state index in [1.807, 2.05) is 12.1 Å². The van der Waals surface area contributed by atoms with Gasteiger partial charge in [-0.2, -0.15) is 4.31 Å². The minimum absolute atomic E-state index is 0.0927. The number of sulfonamides is 1. The summed E-state index contributed by atoms with van der Waals surface area (Å²) in [6, 6.07) is 14.4. The fraction of sp³-hybridized carbons (Fsp3) is 0.458. The highest BCUT2D eigenvalue weighted by Gasteiger charge is 2.26. The number of benzene rings is 2. The van der Waals surface area contributed by atoms with E-state index in [1.54, 1.807) is 18.2 Å². The second-order valence-electron chi connectivity index (χ2n) is 8.82. The summed E-state index contributed by atoms with van der Waals surface area (Å²) in [7, 11) is -3.60. The van der Waals surface area contributed by atoms with E-state index >= 15 is 0 Å². The molecule has 0 saturated carbocycles. The molecule has 1 saturated heterocycles. The molecule has 1 N–H and O–H groups in total. The first kappa shape index (κ1) is 24.2. The van der Waals surface area contributed by atoms with Gasteiger partial charge in [0.1, 0.15) is 5.75 Å². The van der Waals surface area contributed by atoms with E-state index in [9.17, 15) is 13.2 Å². The molecule has 0 unspecified atom stereocenters. The molecule has 2 aromatic rings. The summed E-state index contributed by atoms with van der Waals surface area (Å²) in [6.45, 7) is 8.35. The summed E-state index contributed by atoms with van der Waals surface area (Å²) in [6.07, 6.45) is 0.832. The molecule has 1 aliphatic heterocycles. The fourth-order valence-electron chi connectivity index (χ4n) is 3.37. The molecule has 1 aliphatic rings. The molecule has 0 radical (unpaired) electrons. The lowest BCUT2D eigenvalue weighted by Gasteiger charge is -2.26. The molecule has 174 valence electrons. The maximum absolute atomic E-state index is 12.8. The highest BCUT2D eigenvalue weighted by atomic mass is 32.2. The van der Waals surface area contributed by atoms with Gasteiger partial charge in [-0.1, -0.05) is 39.0 Å². The third-order valence-corrected chi connectivity index (χ3v) is 7.16. The minimum atomic E-state index is -3.60. The molecule has 0 spiro atoms. The van der Waals surface area contributed by atoms with E-state index < -0.39 is 10.0 Å². The molecule has 0 aromatic heterocycles. The molecule has 3 rings (SSSR count). The minimum Gasteiger partial charge on any atom is -0.494 e. The van der Waals surface area contributed by atoms with Crippen LogP contribution >= 0.6 is 0 Å². The van der Waals surface area contributed by atoms with Crippen molar-refractivity contribution in [1.29, 1.82) is 0 Å². The zero-order valence-electron chi connectivity index (χ0n) is 19.0. The van der Waals surface area contributed by atoms with Crippen LogP contribution in [-0.4, -0.2) is 51.5 Å². The molecule has 1 amide bonds. The van der Waals surface area contributed by atoms with E-state index in [0.29, 0.717) is 45.0 Å². The van der Waals surface area contributed by atoms with Gasteiger partial charge in [0.25, 0.3) is 0 Å². The van der Waals surface area contributed by atoms with Crippen molar-refractivity contribution in [2.75, 3.05) is 38.2 Å². The molecule has 32 heavy (non-hydrogen) atoms. The average Bonchev–Trinajstić information content (AvgIpc) is 2.77. The monoisotopic (exact) mass is 460 g/mol. The Hall–Kier alpha value is -2.42. The number of carbonyl (C=O) groups is 1. The number of ether oxygens (including phenoxy) is 2. The highest BCUT2D eigenvalue weighted by Crippen LogP contribution is 2.24. The largest absolute Gasteiger partial charge is 0.494 e. The Bertz CT molecular complexity index is 1010. The second-order valence-corrected chi connectivity index (χ2v) is 10.8. The van der Waals surface area contributed by atoms with Gasteiger partial charge in [-0.25, -0.2) is 8.42 Å². The summed E-state index contributed by atoms with van der Waals surface area (Å²) in [5.74, 6) is 0.594. The fourth-order valence-corrected chi connectivity index (χ4v) is 4.82. The predicted octanol–water partition coefficient (Wildman–Crippen LogP) is 3.80. The number of anilines is 1. The van der Waals surface area contributed by atoms with Crippen LogP contribution in [0.25, 0.3) is 0 Å². The topological polar surface area (TPSA) is 84.9 Å². The second kappa shape index (κ2) is 10.5. The van der Waals surface area contributed by atoms with Gasteiger partial charge in [0.05, 0.1) is 24.7 Å². The van der Waals surface area contributed by atoms with Gasteiger partial charge < -0.3 is 14.8 Å². The number of nitrogens with one attached hydrogen (secondary N) is 1. The van der Waals surface area contributed by atoms with Crippen LogP contribution in [-0.2, 0) is 25.0 Å². The van der Waals surface area contributed by atoms with Gasteiger partial charge in [0.2, 0.25) is 15.9 Å². The summed E-state index contributed by atoms with van der Waals surface area (Å²) < 4.78 is 37.9. The number of rotatable bonds is 8. The molecule has 0 atom stereocenters. The molecule has 8 heteroatoms. The van der Waals surface area contributed by atoms with Crippen molar-refractivity contribution in [3.63, 3.8) is 0 Å². The summed E-state index contributed by atoms with van der Waals surface area (Å²) >= 11 is 0. The maximum atomic E-state index is 12.8. The molecule has 1 heterocycles. The van der Waals surface area contributed by atoms with Crippen molar-refractivity contribution < 1.29 is 22.7 Å². The van der Waals surface area contributed by atoms with Crippen molar-refractivity contribution >= 4 is 21.6 Å². The smallest absolute Gasteiger partial charge is 0.243 e. The van der Waals surface area contributed by atoms with Crippen molar-refractivity contribution in [3.8, 4) is 5.75 Å². The van der Waals surface area contributed by atoms with E-state index in [2.05, 4.69) is 38.2 Å². The number of hydrogen-bond donors (Lipinski definition) is 1. The number of carbonyl (C=O) groups excluding carboxylic acids is 1. The lowest BCUT2D eigenvalue weighted by Crippen LogP contribution is -2.40. The first-order valence-corrected chi connectivity index (χ1v) is 12.3. The van der Waals surface area contributed by atoms with Crippen molar-refractivity contribution in [2.24, 2.45) is 0 Å². The molecule has 1 fully saturated rings. The normalized spacial score (nSPS) is 15.3. The quantitative estimate of drug-likeness (QED) is 0.606. The molecule has 2 aromatic carbocycles. The Balaban J connectivity index is 1.47. The Labute approximate surface area is 190 Å². The summed E-state index contributed by atoms with van der Waals surface area (Å²) in [5, 5.41) is 2.78. The van der Waals surface area contributed by atoms with Crippen LogP contribution in [0.4, 0.5) is 5.69 Å². The van der Waals surface area contributed by atoms with Crippen LogP contribution in [0.3, 0.4) is 0 Å². The van der Waals surface area contributed by atoms with Crippen LogP contribution in [0, 0.1) is 0 Å². The molecule has 0 bridgehead atoms. The Morgan fingerprint density at radius 3 is 2.44 bits per heavy atom. The van der Waals surface area contributed by atoms with E-state index in [1.165, 1.54) is 15.9 Å². The third kappa shape index (κ3) is 6.54. The van der Waals surface area contributed by atoms with E-state index in [4.69, 9.17) is 9.47 Å². The maximum Gasteiger partial charge on any atom is 0.243 e. The third-order valence-electron chi connectivity index (χ3n) is 5.26.